The van der Waals surface area contributed by atoms with Crippen molar-refractivity contribution in [2.75, 3.05) is 6.61 Å². The smallest absolute Gasteiger partial charge is 0.423 e. The topological polar surface area (TPSA) is 113 Å². The number of benzene rings is 1. The van der Waals surface area contributed by atoms with Gasteiger partial charge in [0.1, 0.15) is 0 Å². The van der Waals surface area contributed by atoms with Crippen LogP contribution >= 0.6 is 0 Å². The van der Waals surface area contributed by atoms with Crippen LogP contribution in [0, 0.1) is 12.3 Å². The number of rotatable bonds is 8. The van der Waals surface area contributed by atoms with Crippen LogP contribution in [0.25, 0.3) is 0 Å². The van der Waals surface area contributed by atoms with Gasteiger partial charge in [-0.05, 0) is 49.0 Å². The highest BCUT2D eigenvalue weighted by Crippen LogP contribution is 2.18. The summed E-state index contributed by atoms with van der Waals surface area (Å²) in [4.78, 5) is 12.3. The number of allylic oxidation sites excluding steroid dienone is 3. The Hall–Kier alpha value is -2.38. The Balaban J connectivity index is 2.09. The minimum atomic E-state index is -3.99. The molecule has 142 valence electrons. The van der Waals surface area contributed by atoms with E-state index in [1.165, 1.54) is 30.3 Å². The molecule has 0 aromatic heterocycles. The number of unbranched alkanes of at least 4 members (excludes halogenated alkanes) is 1. The largest absolute Gasteiger partial charge is 0.484 e. The van der Waals surface area contributed by atoms with Crippen LogP contribution in [0.5, 0.6) is 0 Å². The zero-order valence-corrected chi connectivity index (χ0v) is 15.4. The fraction of sp³-hybridized carbons (Fsp3) is 0.278. The van der Waals surface area contributed by atoms with Crippen LogP contribution < -0.4 is 5.32 Å². The number of carbonyl (C=O) groups is 1. The van der Waals surface area contributed by atoms with Crippen molar-refractivity contribution in [3.8, 4) is 12.3 Å². The first-order valence-electron chi connectivity index (χ1n) is 8.34. The van der Waals surface area contributed by atoms with Gasteiger partial charge < -0.3 is 15.4 Å². The Labute approximate surface area is 159 Å². The molecule has 0 bridgehead atoms. The van der Waals surface area contributed by atoms with Crippen molar-refractivity contribution in [1.29, 1.82) is 0 Å². The highest BCUT2D eigenvalue weighted by molar-refractivity contribution is 7.86. The van der Waals surface area contributed by atoms with E-state index < -0.39 is 23.1 Å². The lowest BCUT2D eigenvalue weighted by Gasteiger charge is -2.14. The molecule has 0 saturated carbocycles. The van der Waals surface area contributed by atoms with Crippen LogP contribution in [0.3, 0.4) is 0 Å². The van der Waals surface area contributed by atoms with Crippen molar-refractivity contribution >= 4 is 23.1 Å². The van der Waals surface area contributed by atoms with Crippen molar-refractivity contribution in [2.24, 2.45) is 0 Å². The Morgan fingerprint density at radius 1 is 1.37 bits per heavy atom. The third kappa shape index (κ3) is 6.08. The van der Waals surface area contributed by atoms with Crippen molar-refractivity contribution in [2.45, 2.75) is 30.6 Å². The van der Waals surface area contributed by atoms with Crippen LogP contribution in [0.2, 0.25) is 0 Å². The molecule has 0 aliphatic heterocycles. The van der Waals surface area contributed by atoms with Crippen LogP contribution in [0.1, 0.15) is 36.0 Å². The van der Waals surface area contributed by atoms with Crippen molar-refractivity contribution in [3.05, 3.63) is 53.2 Å². The standard InChI is InChI=1S/C18H20BNO6S/c1-2-3-4-11-26-27(24,25)17-10-5-7-14(12-17)18(21)20-16-9-6-8-15(13-16)19(22)23/h1,5,7,9-10,12-13,22-23H,3-4,6,8,11H2,(H,20,21). The summed E-state index contributed by atoms with van der Waals surface area (Å²) >= 11 is 0. The molecule has 0 unspecified atom stereocenters. The molecule has 7 nitrogen and oxygen atoms in total. The van der Waals surface area contributed by atoms with Crippen LogP contribution in [0.4, 0.5) is 0 Å². The zero-order valence-electron chi connectivity index (χ0n) is 14.6. The lowest BCUT2D eigenvalue weighted by Crippen LogP contribution is -2.25. The monoisotopic (exact) mass is 389 g/mol. The van der Waals surface area contributed by atoms with Gasteiger partial charge in [0.15, 0.2) is 0 Å². The molecule has 3 N–H and O–H groups in total. The van der Waals surface area contributed by atoms with E-state index in [1.807, 2.05) is 0 Å². The fourth-order valence-electron chi connectivity index (χ4n) is 2.42. The lowest BCUT2D eigenvalue weighted by atomic mass is 9.74. The van der Waals surface area contributed by atoms with Gasteiger partial charge in [0.25, 0.3) is 16.0 Å². The second-order valence-corrected chi connectivity index (χ2v) is 7.47. The van der Waals surface area contributed by atoms with Gasteiger partial charge in [0.2, 0.25) is 0 Å². The first-order valence-corrected chi connectivity index (χ1v) is 9.75. The summed E-state index contributed by atoms with van der Waals surface area (Å²) in [6.45, 7) is -0.0348. The van der Waals surface area contributed by atoms with E-state index in [0.717, 1.165) is 0 Å². The minimum Gasteiger partial charge on any atom is -0.423 e. The molecule has 0 spiro atoms. The molecule has 0 atom stereocenters. The molecule has 1 aliphatic carbocycles. The molecule has 1 amide bonds. The number of terminal acetylenes is 1. The molecule has 27 heavy (non-hydrogen) atoms. The zero-order chi connectivity index (χ0) is 19.9. The van der Waals surface area contributed by atoms with Crippen molar-refractivity contribution in [3.63, 3.8) is 0 Å². The lowest BCUT2D eigenvalue weighted by molar-refractivity contribution is 0.0966. The van der Waals surface area contributed by atoms with E-state index >= 15 is 0 Å². The predicted molar refractivity (Wildman–Crippen MR) is 101 cm³/mol. The van der Waals surface area contributed by atoms with E-state index in [2.05, 4.69) is 11.2 Å². The van der Waals surface area contributed by atoms with Crippen LogP contribution in [-0.4, -0.2) is 38.1 Å². The summed E-state index contributed by atoms with van der Waals surface area (Å²) in [5.41, 5.74) is 0.951. The molecule has 9 heteroatoms. The summed E-state index contributed by atoms with van der Waals surface area (Å²) in [5, 5.41) is 21.1. The minimum absolute atomic E-state index is 0.0348. The molecule has 2 rings (SSSR count). The van der Waals surface area contributed by atoms with Gasteiger partial charge in [0.05, 0.1) is 11.5 Å². The van der Waals surface area contributed by atoms with Gasteiger partial charge in [0, 0.05) is 17.7 Å². The van der Waals surface area contributed by atoms with Gasteiger partial charge >= 0.3 is 7.12 Å². The average Bonchev–Trinajstić information content (AvgIpc) is 2.65. The Kier molecular flexibility index (Phi) is 7.39. The van der Waals surface area contributed by atoms with E-state index in [4.69, 9.17) is 10.6 Å². The van der Waals surface area contributed by atoms with Crippen LogP contribution in [-0.2, 0) is 14.3 Å². The van der Waals surface area contributed by atoms with Gasteiger partial charge in [-0.25, -0.2) is 0 Å². The Morgan fingerprint density at radius 2 is 2.15 bits per heavy atom. The first-order chi connectivity index (χ1) is 12.8. The molecule has 0 radical (unpaired) electrons. The van der Waals surface area contributed by atoms with Crippen molar-refractivity contribution < 1.29 is 27.4 Å². The molecule has 0 heterocycles. The summed E-state index contributed by atoms with van der Waals surface area (Å²) < 4.78 is 29.3. The fourth-order valence-corrected chi connectivity index (χ4v) is 3.41. The molecular formula is C18H20BNO6S. The van der Waals surface area contributed by atoms with Crippen molar-refractivity contribution in [1.82, 2.24) is 5.32 Å². The van der Waals surface area contributed by atoms with E-state index in [1.54, 1.807) is 6.08 Å². The summed E-state index contributed by atoms with van der Waals surface area (Å²) in [7, 11) is -5.57. The second-order valence-electron chi connectivity index (χ2n) is 5.86. The summed E-state index contributed by atoms with van der Waals surface area (Å²) in [6, 6.07) is 5.48. The maximum atomic E-state index is 12.4. The van der Waals surface area contributed by atoms with E-state index in [-0.39, 0.29) is 17.1 Å². The molecule has 1 aromatic carbocycles. The SMILES string of the molecule is C#CCCCOS(=O)(=O)c1cccc(C(=O)NC2=CCCC(B(O)O)=C2)c1. The first kappa shape index (κ1) is 20.9. The molecule has 1 aromatic rings. The molecule has 0 saturated heterocycles. The Morgan fingerprint density at radius 3 is 2.85 bits per heavy atom. The van der Waals surface area contributed by atoms with E-state index in [9.17, 15) is 23.3 Å². The summed E-state index contributed by atoms with van der Waals surface area (Å²) in [5.74, 6) is 1.88. The van der Waals surface area contributed by atoms with Gasteiger partial charge in [-0.15, -0.1) is 12.3 Å². The Bertz CT molecular complexity index is 899. The maximum absolute atomic E-state index is 12.4. The van der Waals surface area contributed by atoms with Gasteiger partial charge in [-0.2, -0.15) is 8.42 Å². The number of hydrogen-bond acceptors (Lipinski definition) is 6. The summed E-state index contributed by atoms with van der Waals surface area (Å²) in [6.07, 6.45) is 10.2. The van der Waals surface area contributed by atoms with Gasteiger partial charge in [-0.3, -0.25) is 8.98 Å². The maximum Gasteiger partial charge on any atom is 0.484 e. The quantitative estimate of drug-likeness (QED) is 0.266. The second kappa shape index (κ2) is 9.53. The normalized spacial score (nSPS) is 14.0. The third-order valence-corrected chi connectivity index (χ3v) is 5.12. The average molecular weight is 389 g/mol. The highest BCUT2D eigenvalue weighted by Gasteiger charge is 2.20. The van der Waals surface area contributed by atoms with Gasteiger partial charge in [-0.1, -0.05) is 12.1 Å². The highest BCUT2D eigenvalue weighted by atomic mass is 32.2. The van der Waals surface area contributed by atoms with E-state index in [0.29, 0.717) is 36.9 Å². The molecule has 1 aliphatic rings. The number of carbonyl (C=O) groups excluding carboxylic acids is 1. The molecular weight excluding hydrogens is 369 g/mol. The molecule has 0 fully saturated rings. The number of hydrogen-bond donors (Lipinski definition) is 3. The van der Waals surface area contributed by atoms with Crippen LogP contribution in [0.15, 0.2) is 52.5 Å². The number of nitrogens with one attached hydrogen (secondary N) is 1. The predicted octanol–water partition coefficient (Wildman–Crippen LogP) is 1.15. The third-order valence-electron chi connectivity index (χ3n) is 3.82. The number of amides is 1.